The molecular formula is C26H36N2O4. The number of benzene rings is 2. The Morgan fingerprint density at radius 1 is 0.906 bits per heavy atom. The monoisotopic (exact) mass is 440 g/mol. The molecule has 0 radical (unpaired) electrons. The summed E-state index contributed by atoms with van der Waals surface area (Å²) in [7, 11) is 1.53. The largest absolute Gasteiger partial charge is 0.496 e. The standard InChI is InChI=1S/C26H36N2O4/c1-4-6-7-8-9-10-13-18-32-24-17-16-21(19-25(24)31-5-2)20-27-28-26(29)22-14-11-12-15-23(22)30-3/h11-12,14-17,19-20H,4-10,13,18H2,1-3H3,(H,28,29)/b27-20+. The minimum absolute atomic E-state index is 0.335. The summed E-state index contributed by atoms with van der Waals surface area (Å²) >= 11 is 0. The Labute approximate surface area is 192 Å². The van der Waals surface area contributed by atoms with Gasteiger partial charge in [-0.2, -0.15) is 5.10 Å². The number of rotatable bonds is 15. The number of carbonyl (C=O) groups excluding carboxylic acids is 1. The molecule has 0 aliphatic rings. The molecule has 6 nitrogen and oxygen atoms in total. The molecule has 0 aromatic heterocycles. The second kappa shape index (κ2) is 14.9. The van der Waals surface area contributed by atoms with Crippen LogP contribution in [0, 0.1) is 0 Å². The van der Waals surface area contributed by atoms with Crippen LogP contribution in [-0.2, 0) is 0 Å². The maximum Gasteiger partial charge on any atom is 0.275 e. The zero-order chi connectivity index (χ0) is 23.0. The number of carbonyl (C=O) groups is 1. The highest BCUT2D eigenvalue weighted by Crippen LogP contribution is 2.28. The Balaban J connectivity index is 1.87. The summed E-state index contributed by atoms with van der Waals surface area (Å²) < 4.78 is 16.9. The number of hydrogen-bond acceptors (Lipinski definition) is 5. The van der Waals surface area contributed by atoms with Crippen LogP contribution in [0.15, 0.2) is 47.6 Å². The summed E-state index contributed by atoms with van der Waals surface area (Å²) in [6, 6.07) is 12.7. The SMILES string of the molecule is CCCCCCCCCOc1ccc(/C=N/NC(=O)c2ccccc2OC)cc1OCC. The van der Waals surface area contributed by atoms with Crippen molar-refractivity contribution in [3.05, 3.63) is 53.6 Å². The van der Waals surface area contributed by atoms with Crippen LogP contribution in [0.3, 0.4) is 0 Å². The molecule has 174 valence electrons. The fourth-order valence-electron chi connectivity index (χ4n) is 3.29. The lowest BCUT2D eigenvalue weighted by Crippen LogP contribution is -2.18. The molecule has 2 aromatic rings. The highest BCUT2D eigenvalue weighted by molar-refractivity contribution is 5.97. The topological polar surface area (TPSA) is 69.2 Å². The molecule has 0 aliphatic heterocycles. The lowest BCUT2D eigenvalue weighted by Gasteiger charge is -2.12. The van der Waals surface area contributed by atoms with Gasteiger partial charge in [-0.15, -0.1) is 0 Å². The highest BCUT2D eigenvalue weighted by Gasteiger charge is 2.10. The molecule has 1 N–H and O–H groups in total. The van der Waals surface area contributed by atoms with Crippen LogP contribution in [0.2, 0.25) is 0 Å². The van der Waals surface area contributed by atoms with Gasteiger partial charge in [0.25, 0.3) is 5.91 Å². The van der Waals surface area contributed by atoms with Crippen molar-refractivity contribution in [1.82, 2.24) is 5.43 Å². The van der Waals surface area contributed by atoms with Gasteiger partial charge in [-0.3, -0.25) is 4.79 Å². The molecule has 0 saturated carbocycles. The summed E-state index contributed by atoms with van der Waals surface area (Å²) in [6.07, 6.45) is 10.3. The van der Waals surface area contributed by atoms with Gasteiger partial charge in [-0.25, -0.2) is 5.43 Å². The third-order valence-electron chi connectivity index (χ3n) is 5.00. The van der Waals surface area contributed by atoms with Gasteiger partial charge in [-0.05, 0) is 49.2 Å². The molecular weight excluding hydrogens is 404 g/mol. The number of unbranched alkanes of at least 4 members (excludes halogenated alkanes) is 6. The molecule has 0 saturated heterocycles. The fraction of sp³-hybridized carbons (Fsp3) is 0.462. The Morgan fingerprint density at radius 2 is 1.66 bits per heavy atom. The highest BCUT2D eigenvalue weighted by atomic mass is 16.5. The van der Waals surface area contributed by atoms with E-state index >= 15 is 0 Å². The van der Waals surface area contributed by atoms with Gasteiger partial charge in [0.2, 0.25) is 0 Å². The third-order valence-corrected chi connectivity index (χ3v) is 5.00. The van der Waals surface area contributed by atoms with E-state index in [1.807, 2.05) is 31.2 Å². The molecule has 0 aliphatic carbocycles. The summed E-state index contributed by atoms with van der Waals surface area (Å²) in [5.74, 6) is 1.57. The van der Waals surface area contributed by atoms with Crippen LogP contribution in [0.4, 0.5) is 0 Å². The molecule has 0 atom stereocenters. The molecule has 32 heavy (non-hydrogen) atoms. The molecule has 0 fully saturated rings. The van der Waals surface area contributed by atoms with Gasteiger partial charge in [0.1, 0.15) is 5.75 Å². The van der Waals surface area contributed by atoms with Crippen molar-refractivity contribution in [2.75, 3.05) is 20.3 Å². The number of hydrazone groups is 1. The molecule has 1 amide bonds. The van der Waals surface area contributed by atoms with Gasteiger partial charge in [-0.1, -0.05) is 57.6 Å². The van der Waals surface area contributed by atoms with E-state index in [9.17, 15) is 4.79 Å². The van der Waals surface area contributed by atoms with E-state index in [0.29, 0.717) is 30.3 Å². The first-order valence-electron chi connectivity index (χ1n) is 11.6. The molecule has 2 rings (SSSR count). The van der Waals surface area contributed by atoms with E-state index in [2.05, 4.69) is 17.5 Å². The first kappa shape index (κ1) is 25.2. The maximum absolute atomic E-state index is 12.3. The fourth-order valence-corrected chi connectivity index (χ4v) is 3.29. The average molecular weight is 441 g/mol. The molecule has 0 bridgehead atoms. The smallest absolute Gasteiger partial charge is 0.275 e. The van der Waals surface area contributed by atoms with Gasteiger partial charge in [0.05, 0.1) is 32.1 Å². The van der Waals surface area contributed by atoms with Crippen molar-refractivity contribution in [3.8, 4) is 17.2 Å². The summed E-state index contributed by atoms with van der Waals surface area (Å²) in [5, 5.41) is 4.06. The number of amides is 1. The van der Waals surface area contributed by atoms with Crippen molar-refractivity contribution in [1.29, 1.82) is 0 Å². The van der Waals surface area contributed by atoms with Crippen molar-refractivity contribution < 1.29 is 19.0 Å². The van der Waals surface area contributed by atoms with Crippen LogP contribution < -0.4 is 19.6 Å². The molecule has 0 heterocycles. The third kappa shape index (κ3) is 8.61. The molecule has 6 heteroatoms. The number of nitrogens with zero attached hydrogens (tertiary/aromatic N) is 1. The average Bonchev–Trinajstić information content (AvgIpc) is 2.82. The predicted molar refractivity (Wildman–Crippen MR) is 129 cm³/mol. The second-order valence-electron chi connectivity index (χ2n) is 7.51. The van der Waals surface area contributed by atoms with Crippen LogP contribution in [0.5, 0.6) is 17.2 Å². The van der Waals surface area contributed by atoms with E-state index < -0.39 is 0 Å². The van der Waals surface area contributed by atoms with Gasteiger partial charge in [0, 0.05) is 0 Å². The van der Waals surface area contributed by atoms with Crippen molar-refractivity contribution in [2.45, 2.75) is 58.8 Å². The van der Waals surface area contributed by atoms with Gasteiger partial charge < -0.3 is 14.2 Å². The first-order chi connectivity index (χ1) is 15.7. The van der Waals surface area contributed by atoms with Crippen LogP contribution in [-0.4, -0.2) is 32.4 Å². The normalized spacial score (nSPS) is 10.8. The molecule has 0 spiro atoms. The summed E-state index contributed by atoms with van der Waals surface area (Å²) in [6.45, 7) is 5.39. The van der Waals surface area contributed by atoms with Crippen molar-refractivity contribution in [3.63, 3.8) is 0 Å². The van der Waals surface area contributed by atoms with Crippen LogP contribution in [0.1, 0.15) is 74.7 Å². The summed E-state index contributed by atoms with van der Waals surface area (Å²) in [5.41, 5.74) is 3.76. The number of nitrogens with one attached hydrogen (secondary N) is 1. The van der Waals surface area contributed by atoms with Gasteiger partial charge >= 0.3 is 0 Å². The lowest BCUT2D eigenvalue weighted by molar-refractivity contribution is 0.0952. The predicted octanol–water partition coefficient (Wildman–Crippen LogP) is 5.99. The Morgan fingerprint density at radius 3 is 2.41 bits per heavy atom. The van der Waals surface area contributed by atoms with Crippen LogP contribution >= 0.6 is 0 Å². The quantitative estimate of drug-likeness (QED) is 0.210. The zero-order valence-corrected chi connectivity index (χ0v) is 19.6. The van der Waals surface area contributed by atoms with Crippen molar-refractivity contribution in [2.24, 2.45) is 5.10 Å². The minimum atomic E-state index is -0.335. The van der Waals surface area contributed by atoms with E-state index in [4.69, 9.17) is 14.2 Å². The summed E-state index contributed by atoms with van der Waals surface area (Å²) in [4.78, 5) is 12.3. The number of para-hydroxylation sites is 1. The second-order valence-corrected chi connectivity index (χ2v) is 7.51. The number of ether oxygens (including phenoxy) is 3. The minimum Gasteiger partial charge on any atom is -0.496 e. The Hall–Kier alpha value is -3.02. The van der Waals surface area contributed by atoms with E-state index in [-0.39, 0.29) is 5.91 Å². The van der Waals surface area contributed by atoms with Crippen LogP contribution in [0.25, 0.3) is 0 Å². The van der Waals surface area contributed by atoms with E-state index in [1.165, 1.54) is 45.6 Å². The Bertz CT molecular complexity index is 851. The number of methoxy groups -OCH3 is 1. The lowest BCUT2D eigenvalue weighted by atomic mass is 10.1. The molecule has 0 unspecified atom stereocenters. The maximum atomic E-state index is 12.3. The number of hydrogen-bond donors (Lipinski definition) is 1. The van der Waals surface area contributed by atoms with Crippen molar-refractivity contribution >= 4 is 12.1 Å². The zero-order valence-electron chi connectivity index (χ0n) is 19.6. The Kier molecular flexibility index (Phi) is 11.7. The van der Waals surface area contributed by atoms with E-state index in [0.717, 1.165) is 17.7 Å². The molecule has 2 aromatic carbocycles. The van der Waals surface area contributed by atoms with Gasteiger partial charge in [0.15, 0.2) is 11.5 Å². The van der Waals surface area contributed by atoms with E-state index in [1.54, 1.807) is 24.4 Å². The first-order valence-corrected chi connectivity index (χ1v) is 11.6.